The fourth-order valence-electron chi connectivity index (χ4n) is 2.46. The Bertz CT molecular complexity index is 248. The summed E-state index contributed by atoms with van der Waals surface area (Å²) in [7, 11) is 3.38. The number of rotatable bonds is 6. The molecule has 5 heteroatoms. The molecule has 0 saturated carbocycles. The summed E-state index contributed by atoms with van der Waals surface area (Å²) in [4.78, 5) is 16.1. The molecule has 2 atom stereocenters. The maximum Gasteiger partial charge on any atom is 0.241 e. The number of carbonyl (C=O) groups is 1. The Morgan fingerprint density at radius 3 is 2.94 bits per heavy atom. The second kappa shape index (κ2) is 6.93. The van der Waals surface area contributed by atoms with Gasteiger partial charge in [0, 0.05) is 26.7 Å². The van der Waals surface area contributed by atoms with Crippen molar-refractivity contribution in [1.29, 1.82) is 0 Å². The van der Waals surface area contributed by atoms with Crippen LogP contribution in [0.1, 0.15) is 19.8 Å². The van der Waals surface area contributed by atoms with Gasteiger partial charge < -0.3 is 15.4 Å². The normalized spacial score (nSPS) is 22.7. The average Bonchev–Trinajstić information content (AvgIpc) is 2.75. The number of nitrogens with zero attached hydrogens (tertiary/aromatic N) is 2. The van der Waals surface area contributed by atoms with Crippen LogP contribution in [0.4, 0.5) is 0 Å². The Kier molecular flexibility index (Phi) is 5.88. The molecule has 1 saturated heterocycles. The van der Waals surface area contributed by atoms with Crippen LogP contribution in [-0.2, 0) is 9.53 Å². The first-order valence-electron chi connectivity index (χ1n) is 6.33. The molecule has 1 fully saturated rings. The smallest absolute Gasteiger partial charge is 0.241 e. The Morgan fingerprint density at radius 1 is 1.65 bits per heavy atom. The highest BCUT2D eigenvalue weighted by Gasteiger charge is 2.27. The minimum atomic E-state index is -0.540. The molecule has 17 heavy (non-hydrogen) atoms. The van der Waals surface area contributed by atoms with Crippen molar-refractivity contribution in [3.8, 4) is 0 Å². The molecule has 0 bridgehead atoms. The number of carbonyl (C=O) groups excluding carboxylic acids is 1. The van der Waals surface area contributed by atoms with Crippen LogP contribution in [0.2, 0.25) is 0 Å². The Morgan fingerprint density at radius 2 is 2.35 bits per heavy atom. The van der Waals surface area contributed by atoms with Gasteiger partial charge in [-0.15, -0.1) is 0 Å². The minimum Gasteiger partial charge on any atom is -0.383 e. The number of hydrogen-bond donors (Lipinski definition) is 1. The fraction of sp³-hybridized carbons (Fsp3) is 0.917. The van der Waals surface area contributed by atoms with Gasteiger partial charge in [-0.3, -0.25) is 9.69 Å². The van der Waals surface area contributed by atoms with E-state index in [9.17, 15) is 4.79 Å². The third-order valence-electron chi connectivity index (χ3n) is 3.43. The summed E-state index contributed by atoms with van der Waals surface area (Å²) in [6.45, 7) is 5.41. The van der Waals surface area contributed by atoms with Gasteiger partial charge in [0.15, 0.2) is 0 Å². The van der Waals surface area contributed by atoms with Gasteiger partial charge >= 0.3 is 0 Å². The SMILES string of the molecule is CCN1CCCC1CN(C)C(=O)C(N)COC. The van der Waals surface area contributed by atoms with E-state index in [-0.39, 0.29) is 12.5 Å². The van der Waals surface area contributed by atoms with Crippen molar-refractivity contribution in [3.63, 3.8) is 0 Å². The highest BCUT2D eigenvalue weighted by atomic mass is 16.5. The summed E-state index contributed by atoms with van der Waals surface area (Å²) < 4.78 is 4.90. The van der Waals surface area contributed by atoms with Crippen LogP contribution >= 0.6 is 0 Å². The van der Waals surface area contributed by atoms with Gasteiger partial charge in [-0.1, -0.05) is 6.92 Å². The van der Waals surface area contributed by atoms with E-state index in [0.29, 0.717) is 6.04 Å². The molecule has 0 aliphatic carbocycles. The van der Waals surface area contributed by atoms with Crippen molar-refractivity contribution in [2.45, 2.75) is 31.8 Å². The molecular formula is C12H25N3O2. The Balaban J connectivity index is 2.42. The lowest BCUT2D eigenvalue weighted by molar-refractivity contribution is -0.133. The summed E-state index contributed by atoms with van der Waals surface area (Å²) in [5.41, 5.74) is 5.74. The van der Waals surface area contributed by atoms with Gasteiger partial charge in [0.05, 0.1) is 6.61 Å². The first kappa shape index (κ1) is 14.4. The molecule has 0 radical (unpaired) electrons. The maximum atomic E-state index is 11.9. The van der Waals surface area contributed by atoms with Crippen LogP contribution in [0.5, 0.6) is 0 Å². The molecule has 2 unspecified atom stereocenters. The number of likely N-dealkylation sites (tertiary alicyclic amines) is 1. The molecule has 1 heterocycles. The molecule has 0 aromatic heterocycles. The molecule has 1 aliphatic rings. The number of amides is 1. The molecule has 1 aliphatic heterocycles. The lowest BCUT2D eigenvalue weighted by Crippen LogP contribution is -2.48. The number of likely N-dealkylation sites (N-methyl/N-ethyl adjacent to an activating group) is 2. The van der Waals surface area contributed by atoms with Crippen LogP contribution in [0.3, 0.4) is 0 Å². The lowest BCUT2D eigenvalue weighted by Gasteiger charge is -2.29. The predicted octanol–water partition coefficient (Wildman–Crippen LogP) is -0.0972. The zero-order valence-electron chi connectivity index (χ0n) is 11.2. The van der Waals surface area contributed by atoms with Crippen molar-refractivity contribution in [1.82, 2.24) is 9.80 Å². The van der Waals surface area contributed by atoms with Crippen molar-refractivity contribution in [2.24, 2.45) is 5.73 Å². The number of hydrogen-bond acceptors (Lipinski definition) is 4. The zero-order chi connectivity index (χ0) is 12.8. The largest absolute Gasteiger partial charge is 0.383 e. The second-order valence-corrected chi connectivity index (χ2v) is 4.71. The molecule has 0 aromatic rings. The third-order valence-corrected chi connectivity index (χ3v) is 3.43. The summed E-state index contributed by atoms with van der Waals surface area (Å²) in [6, 6.07) is -0.0508. The minimum absolute atomic E-state index is 0.0326. The molecule has 5 nitrogen and oxygen atoms in total. The van der Waals surface area contributed by atoms with Crippen LogP contribution in [0.25, 0.3) is 0 Å². The Labute approximate surface area is 104 Å². The first-order chi connectivity index (χ1) is 8.10. The second-order valence-electron chi connectivity index (χ2n) is 4.71. The van der Waals surface area contributed by atoms with Gasteiger partial charge in [0.2, 0.25) is 5.91 Å². The van der Waals surface area contributed by atoms with Crippen molar-refractivity contribution in [3.05, 3.63) is 0 Å². The third kappa shape index (κ3) is 3.94. The van der Waals surface area contributed by atoms with Crippen molar-refractivity contribution >= 4 is 5.91 Å². The summed E-state index contributed by atoms with van der Waals surface area (Å²) in [5.74, 6) is -0.0326. The topological polar surface area (TPSA) is 58.8 Å². The number of ether oxygens (including phenoxy) is 1. The van der Waals surface area contributed by atoms with E-state index in [1.807, 2.05) is 7.05 Å². The zero-order valence-corrected chi connectivity index (χ0v) is 11.2. The van der Waals surface area contributed by atoms with Gasteiger partial charge in [0.25, 0.3) is 0 Å². The van der Waals surface area contributed by atoms with Crippen LogP contribution in [-0.4, -0.2) is 68.2 Å². The van der Waals surface area contributed by atoms with E-state index in [4.69, 9.17) is 10.5 Å². The molecule has 0 aromatic carbocycles. The highest BCUT2D eigenvalue weighted by Crippen LogP contribution is 2.17. The first-order valence-corrected chi connectivity index (χ1v) is 6.33. The molecule has 100 valence electrons. The monoisotopic (exact) mass is 243 g/mol. The lowest BCUT2D eigenvalue weighted by atomic mass is 10.2. The fourth-order valence-corrected chi connectivity index (χ4v) is 2.46. The van der Waals surface area contributed by atoms with E-state index in [0.717, 1.165) is 19.6 Å². The highest BCUT2D eigenvalue weighted by molar-refractivity contribution is 5.81. The predicted molar refractivity (Wildman–Crippen MR) is 67.8 cm³/mol. The molecule has 1 rings (SSSR count). The molecule has 1 amide bonds. The standard InChI is InChI=1S/C12H25N3O2/c1-4-15-7-5-6-10(15)8-14(2)12(16)11(13)9-17-3/h10-11H,4-9,13H2,1-3H3. The average molecular weight is 243 g/mol. The quantitative estimate of drug-likeness (QED) is 0.708. The summed E-state index contributed by atoms with van der Waals surface area (Å²) in [5, 5.41) is 0. The van der Waals surface area contributed by atoms with Crippen LogP contribution < -0.4 is 5.73 Å². The number of methoxy groups -OCH3 is 1. The van der Waals surface area contributed by atoms with E-state index in [1.54, 1.807) is 12.0 Å². The molecular weight excluding hydrogens is 218 g/mol. The number of nitrogens with two attached hydrogens (primary N) is 1. The summed E-state index contributed by atoms with van der Waals surface area (Å²) in [6.07, 6.45) is 2.40. The van der Waals surface area contributed by atoms with Gasteiger partial charge in [-0.2, -0.15) is 0 Å². The van der Waals surface area contributed by atoms with Crippen LogP contribution in [0, 0.1) is 0 Å². The molecule has 2 N–H and O–H groups in total. The van der Waals surface area contributed by atoms with Crippen LogP contribution in [0.15, 0.2) is 0 Å². The Hall–Kier alpha value is -0.650. The maximum absolute atomic E-state index is 11.9. The van der Waals surface area contributed by atoms with E-state index < -0.39 is 6.04 Å². The van der Waals surface area contributed by atoms with E-state index in [2.05, 4.69) is 11.8 Å². The van der Waals surface area contributed by atoms with E-state index >= 15 is 0 Å². The van der Waals surface area contributed by atoms with E-state index in [1.165, 1.54) is 12.8 Å². The summed E-state index contributed by atoms with van der Waals surface area (Å²) >= 11 is 0. The van der Waals surface area contributed by atoms with Crippen molar-refractivity contribution in [2.75, 3.05) is 40.4 Å². The van der Waals surface area contributed by atoms with Gasteiger partial charge in [0.1, 0.15) is 6.04 Å². The van der Waals surface area contributed by atoms with Gasteiger partial charge in [-0.25, -0.2) is 0 Å². The molecule has 0 spiro atoms. The van der Waals surface area contributed by atoms with Crippen molar-refractivity contribution < 1.29 is 9.53 Å². The van der Waals surface area contributed by atoms with Gasteiger partial charge in [-0.05, 0) is 25.9 Å².